The number of hydrogen-bond acceptors (Lipinski definition) is 2. The summed E-state index contributed by atoms with van der Waals surface area (Å²) in [4.78, 5) is 0.545. The van der Waals surface area contributed by atoms with Crippen molar-refractivity contribution in [3.63, 3.8) is 0 Å². The van der Waals surface area contributed by atoms with Gasteiger partial charge in [0.15, 0.2) is 5.69 Å². The third kappa shape index (κ3) is 1.70. The van der Waals surface area contributed by atoms with Crippen molar-refractivity contribution in [3.05, 3.63) is 64.2 Å². The van der Waals surface area contributed by atoms with Crippen LogP contribution in [0.15, 0.2) is 42.5 Å². The van der Waals surface area contributed by atoms with Gasteiger partial charge < -0.3 is 5.21 Å². The molecule has 0 unspecified atom stereocenters. The SMILES string of the molecule is N#Cc1c2cccc(Cl)c2[n+]([O-])n1-c1ccc(F)cc1. The first-order chi connectivity index (χ1) is 9.63. The van der Waals surface area contributed by atoms with E-state index in [0.29, 0.717) is 15.9 Å². The quantitative estimate of drug-likeness (QED) is 0.510. The fourth-order valence-corrected chi connectivity index (χ4v) is 2.38. The minimum absolute atomic E-state index is 0.157. The molecule has 98 valence electrons. The average Bonchev–Trinajstić information content (AvgIpc) is 2.73. The molecule has 1 heterocycles. The molecular formula is C14H7ClFN3O. The molecule has 0 radical (unpaired) electrons. The van der Waals surface area contributed by atoms with E-state index in [0.717, 1.165) is 4.68 Å². The lowest BCUT2D eigenvalue weighted by Gasteiger charge is -2.04. The van der Waals surface area contributed by atoms with Gasteiger partial charge >= 0.3 is 0 Å². The van der Waals surface area contributed by atoms with Crippen LogP contribution in [-0.2, 0) is 0 Å². The molecule has 4 nitrogen and oxygen atoms in total. The number of nitrogens with zero attached hydrogens (tertiary/aromatic N) is 3. The van der Waals surface area contributed by atoms with E-state index in [9.17, 15) is 14.9 Å². The molecule has 3 rings (SSSR count). The topological polar surface area (TPSA) is 55.7 Å². The number of para-hydroxylation sites is 1. The van der Waals surface area contributed by atoms with Crippen molar-refractivity contribution >= 4 is 22.5 Å². The second kappa shape index (κ2) is 4.51. The maximum absolute atomic E-state index is 13.0. The molecule has 0 N–H and O–H groups in total. The van der Waals surface area contributed by atoms with Gasteiger partial charge in [0.05, 0.1) is 5.39 Å². The van der Waals surface area contributed by atoms with E-state index in [2.05, 4.69) is 0 Å². The minimum Gasteiger partial charge on any atom is -0.595 e. The lowest BCUT2D eigenvalue weighted by Crippen LogP contribution is -2.37. The lowest BCUT2D eigenvalue weighted by molar-refractivity contribution is -0.659. The summed E-state index contributed by atoms with van der Waals surface area (Å²) in [7, 11) is 0. The third-order valence-electron chi connectivity index (χ3n) is 3.00. The Balaban J connectivity index is 2.42. The molecule has 0 saturated carbocycles. The van der Waals surface area contributed by atoms with Crippen molar-refractivity contribution in [2.45, 2.75) is 0 Å². The van der Waals surface area contributed by atoms with E-state index in [4.69, 9.17) is 11.6 Å². The predicted octanol–water partition coefficient (Wildman–Crippen LogP) is 2.93. The summed E-state index contributed by atoms with van der Waals surface area (Å²) >= 11 is 6.01. The Morgan fingerprint density at radius 1 is 1.20 bits per heavy atom. The Kier molecular flexibility index (Phi) is 2.81. The normalized spacial score (nSPS) is 10.7. The maximum atomic E-state index is 13.0. The number of benzene rings is 2. The number of aromatic nitrogens is 2. The van der Waals surface area contributed by atoms with Gasteiger partial charge in [-0.1, -0.05) is 27.2 Å². The number of halogens is 2. The van der Waals surface area contributed by atoms with Gasteiger partial charge in [-0.2, -0.15) is 5.26 Å². The van der Waals surface area contributed by atoms with E-state index in [1.54, 1.807) is 18.2 Å². The molecule has 0 atom stereocenters. The van der Waals surface area contributed by atoms with Crippen LogP contribution in [0.1, 0.15) is 5.69 Å². The van der Waals surface area contributed by atoms with Crippen LogP contribution in [0.2, 0.25) is 5.02 Å². The molecule has 0 aliphatic rings. The number of hydrogen-bond donors (Lipinski definition) is 0. The summed E-state index contributed by atoms with van der Waals surface area (Å²) in [6, 6.07) is 12.2. The summed E-state index contributed by atoms with van der Waals surface area (Å²) in [5, 5.41) is 22.4. The molecule has 1 aromatic heterocycles. The van der Waals surface area contributed by atoms with Crippen molar-refractivity contribution in [1.29, 1.82) is 5.26 Å². The van der Waals surface area contributed by atoms with E-state index < -0.39 is 5.82 Å². The molecule has 0 fully saturated rings. The second-order valence-electron chi connectivity index (χ2n) is 4.16. The first kappa shape index (κ1) is 12.5. The van der Waals surface area contributed by atoms with Crippen LogP contribution in [0, 0.1) is 22.4 Å². The molecule has 6 heteroatoms. The summed E-state index contributed by atoms with van der Waals surface area (Å²) < 4.78 is 14.1. The highest BCUT2D eigenvalue weighted by Crippen LogP contribution is 2.25. The number of fused-ring (bicyclic) bond motifs is 1. The van der Waals surface area contributed by atoms with Crippen LogP contribution < -0.4 is 4.85 Å². The van der Waals surface area contributed by atoms with Crippen molar-refractivity contribution in [2.24, 2.45) is 0 Å². The van der Waals surface area contributed by atoms with Crippen LogP contribution >= 0.6 is 11.6 Å². The zero-order valence-corrected chi connectivity index (χ0v) is 10.8. The van der Waals surface area contributed by atoms with E-state index in [1.165, 1.54) is 24.3 Å². The molecule has 0 aliphatic heterocycles. The summed E-state index contributed by atoms with van der Waals surface area (Å²) in [6.45, 7) is 0. The highest BCUT2D eigenvalue weighted by Gasteiger charge is 2.24. The lowest BCUT2D eigenvalue weighted by atomic mass is 10.2. The highest BCUT2D eigenvalue weighted by atomic mass is 35.5. The van der Waals surface area contributed by atoms with Crippen molar-refractivity contribution in [2.75, 3.05) is 0 Å². The zero-order valence-electron chi connectivity index (χ0n) is 10.0. The molecular weight excluding hydrogens is 281 g/mol. The van der Waals surface area contributed by atoms with E-state index in [1.807, 2.05) is 6.07 Å². The average molecular weight is 288 g/mol. The Hall–Kier alpha value is -2.58. The fourth-order valence-electron chi connectivity index (χ4n) is 2.13. The maximum Gasteiger partial charge on any atom is 0.271 e. The third-order valence-corrected chi connectivity index (χ3v) is 3.31. The van der Waals surface area contributed by atoms with Gasteiger partial charge in [-0.05, 0) is 36.4 Å². The second-order valence-corrected chi connectivity index (χ2v) is 4.56. The number of rotatable bonds is 1. The number of nitriles is 1. The van der Waals surface area contributed by atoms with E-state index >= 15 is 0 Å². The molecule has 2 aromatic carbocycles. The van der Waals surface area contributed by atoms with Crippen LogP contribution in [0.3, 0.4) is 0 Å². The van der Waals surface area contributed by atoms with Crippen LogP contribution in [0.25, 0.3) is 16.6 Å². The molecule has 0 saturated heterocycles. The minimum atomic E-state index is -0.417. The first-order valence-electron chi connectivity index (χ1n) is 5.72. The predicted molar refractivity (Wildman–Crippen MR) is 71.9 cm³/mol. The standard InChI is InChI=1S/C14H7ClFN3O/c15-12-3-1-2-11-13(8-17)18(19(20)14(11)12)10-6-4-9(16)5-7-10/h1-7H. The van der Waals surface area contributed by atoms with Gasteiger partial charge in [-0.25, -0.2) is 4.39 Å². The Morgan fingerprint density at radius 2 is 1.90 bits per heavy atom. The van der Waals surface area contributed by atoms with Gasteiger partial charge in [-0.15, -0.1) is 0 Å². The van der Waals surface area contributed by atoms with Gasteiger partial charge in [0, 0.05) is 0 Å². The van der Waals surface area contributed by atoms with Gasteiger partial charge in [-0.3, -0.25) is 0 Å². The molecule has 0 amide bonds. The smallest absolute Gasteiger partial charge is 0.271 e. The highest BCUT2D eigenvalue weighted by molar-refractivity contribution is 6.34. The summed E-state index contributed by atoms with van der Waals surface area (Å²) in [6.07, 6.45) is 0. The monoisotopic (exact) mass is 287 g/mol. The van der Waals surface area contributed by atoms with Crippen molar-refractivity contribution in [1.82, 2.24) is 4.68 Å². The van der Waals surface area contributed by atoms with Crippen LogP contribution in [-0.4, -0.2) is 4.68 Å². The van der Waals surface area contributed by atoms with Crippen LogP contribution in [0.5, 0.6) is 0 Å². The molecule has 0 aliphatic carbocycles. The first-order valence-corrected chi connectivity index (χ1v) is 6.10. The summed E-state index contributed by atoms with van der Waals surface area (Å²) in [5.74, 6) is -0.417. The van der Waals surface area contributed by atoms with Crippen molar-refractivity contribution < 1.29 is 9.24 Å². The Morgan fingerprint density at radius 3 is 2.55 bits per heavy atom. The molecule has 3 aromatic rings. The van der Waals surface area contributed by atoms with Crippen molar-refractivity contribution in [3.8, 4) is 11.8 Å². The fraction of sp³-hybridized carbons (Fsp3) is 0. The van der Waals surface area contributed by atoms with Gasteiger partial charge in [0.25, 0.3) is 5.52 Å². The molecule has 0 spiro atoms. The summed E-state index contributed by atoms with van der Waals surface area (Å²) in [5.41, 5.74) is 0.768. The largest absolute Gasteiger partial charge is 0.595 e. The zero-order chi connectivity index (χ0) is 14.3. The van der Waals surface area contributed by atoms with E-state index in [-0.39, 0.29) is 16.2 Å². The molecule has 20 heavy (non-hydrogen) atoms. The van der Waals surface area contributed by atoms with Gasteiger partial charge in [0.2, 0.25) is 0 Å². The van der Waals surface area contributed by atoms with Crippen LogP contribution in [0.4, 0.5) is 4.39 Å². The Labute approximate surface area is 118 Å². The van der Waals surface area contributed by atoms with Gasteiger partial charge in [0.1, 0.15) is 22.6 Å². The Bertz CT molecular complexity index is 849. The molecule has 0 bridgehead atoms.